The van der Waals surface area contributed by atoms with E-state index >= 15 is 0 Å². The summed E-state index contributed by atoms with van der Waals surface area (Å²) in [4.78, 5) is 2.44. The molecular formula is C16H20N6. The Hall–Kier alpha value is -2.21. The van der Waals surface area contributed by atoms with Crippen molar-refractivity contribution in [2.45, 2.75) is 18.9 Å². The average Bonchev–Trinajstić information content (AvgIpc) is 3.22. The van der Waals surface area contributed by atoms with Crippen LogP contribution in [-0.4, -0.2) is 42.8 Å². The topological polar surface area (TPSA) is 51.8 Å². The molecule has 0 N–H and O–H groups in total. The fraction of sp³-hybridized carbons (Fsp3) is 0.438. The molecule has 1 unspecified atom stereocenters. The van der Waals surface area contributed by atoms with E-state index < -0.39 is 0 Å². The number of rotatable bonds is 3. The molecule has 0 bridgehead atoms. The molecule has 6 nitrogen and oxygen atoms in total. The van der Waals surface area contributed by atoms with Crippen LogP contribution in [0.1, 0.15) is 23.7 Å². The Kier molecular flexibility index (Phi) is 3.18. The number of benzene rings is 1. The molecule has 1 fully saturated rings. The first kappa shape index (κ1) is 13.5. The molecule has 2 aromatic heterocycles. The van der Waals surface area contributed by atoms with Gasteiger partial charge in [-0.2, -0.15) is 0 Å². The monoisotopic (exact) mass is 296 g/mol. The molecule has 0 saturated carbocycles. The number of nitrogens with zero attached hydrogens (tertiary/aromatic N) is 6. The van der Waals surface area contributed by atoms with Gasteiger partial charge in [-0.25, -0.2) is 4.68 Å². The second kappa shape index (κ2) is 5.21. The van der Waals surface area contributed by atoms with Gasteiger partial charge in [-0.3, -0.25) is 4.90 Å². The van der Waals surface area contributed by atoms with Gasteiger partial charge in [-0.05, 0) is 40.9 Å². The number of hydrogen-bond donors (Lipinski definition) is 0. The Labute approximate surface area is 129 Å². The smallest absolute Gasteiger partial charge is 0.164 e. The van der Waals surface area contributed by atoms with Crippen molar-refractivity contribution in [1.82, 2.24) is 29.7 Å². The van der Waals surface area contributed by atoms with Crippen molar-refractivity contribution >= 4 is 10.9 Å². The number of fused-ring (bicyclic) bond motifs is 1. The van der Waals surface area contributed by atoms with Crippen LogP contribution < -0.4 is 0 Å². The van der Waals surface area contributed by atoms with Crippen LogP contribution in [0.25, 0.3) is 10.9 Å². The second-order valence-corrected chi connectivity index (χ2v) is 6.15. The summed E-state index contributed by atoms with van der Waals surface area (Å²) in [6, 6.07) is 8.66. The molecule has 4 rings (SSSR count). The zero-order chi connectivity index (χ0) is 15.1. The molecule has 1 saturated heterocycles. The predicted molar refractivity (Wildman–Crippen MR) is 84.4 cm³/mol. The normalized spacial score (nSPS) is 19.3. The van der Waals surface area contributed by atoms with Crippen molar-refractivity contribution in [2.75, 3.05) is 13.1 Å². The van der Waals surface area contributed by atoms with E-state index in [0.717, 1.165) is 25.5 Å². The number of hydrogen-bond acceptors (Lipinski definition) is 4. The fourth-order valence-electron chi connectivity index (χ4n) is 3.51. The Morgan fingerprint density at radius 3 is 2.91 bits per heavy atom. The van der Waals surface area contributed by atoms with Crippen molar-refractivity contribution in [2.24, 2.45) is 14.1 Å². The van der Waals surface area contributed by atoms with Crippen LogP contribution in [0.2, 0.25) is 0 Å². The Morgan fingerprint density at radius 1 is 1.23 bits per heavy atom. The van der Waals surface area contributed by atoms with E-state index in [1.165, 1.54) is 22.9 Å². The zero-order valence-corrected chi connectivity index (χ0v) is 13.0. The van der Waals surface area contributed by atoms with Crippen LogP contribution in [0.3, 0.4) is 0 Å². The molecule has 22 heavy (non-hydrogen) atoms. The minimum Gasteiger partial charge on any atom is -0.350 e. The summed E-state index contributed by atoms with van der Waals surface area (Å²) in [5.74, 6) is 1.52. The first-order chi connectivity index (χ1) is 10.7. The number of tetrazole rings is 1. The van der Waals surface area contributed by atoms with Crippen LogP contribution in [0, 0.1) is 0 Å². The van der Waals surface area contributed by atoms with Crippen molar-refractivity contribution in [3.05, 3.63) is 41.9 Å². The lowest BCUT2D eigenvalue weighted by molar-refractivity contribution is 0.312. The van der Waals surface area contributed by atoms with Crippen LogP contribution in [-0.2, 0) is 20.6 Å². The Bertz CT molecular complexity index is 802. The molecule has 0 aliphatic carbocycles. The molecule has 0 radical (unpaired) electrons. The zero-order valence-electron chi connectivity index (χ0n) is 13.0. The van der Waals surface area contributed by atoms with Gasteiger partial charge in [0.25, 0.3) is 0 Å². The summed E-state index contributed by atoms with van der Waals surface area (Å²) in [6.45, 7) is 2.99. The lowest BCUT2D eigenvalue weighted by Crippen LogP contribution is -2.22. The van der Waals surface area contributed by atoms with Crippen molar-refractivity contribution in [3.8, 4) is 0 Å². The Balaban J connectivity index is 1.56. The molecule has 1 atom stereocenters. The maximum Gasteiger partial charge on any atom is 0.164 e. The van der Waals surface area contributed by atoms with E-state index in [9.17, 15) is 0 Å². The van der Waals surface area contributed by atoms with E-state index in [2.05, 4.69) is 62.5 Å². The highest BCUT2D eigenvalue weighted by atomic mass is 15.5. The largest absolute Gasteiger partial charge is 0.350 e. The number of likely N-dealkylation sites (tertiary alicyclic amines) is 1. The molecule has 1 aliphatic heterocycles. The maximum absolute atomic E-state index is 4.09. The quantitative estimate of drug-likeness (QED) is 0.738. The maximum atomic E-state index is 4.09. The van der Waals surface area contributed by atoms with E-state index in [1.807, 2.05) is 7.05 Å². The highest BCUT2D eigenvalue weighted by Crippen LogP contribution is 2.33. The minimum atomic E-state index is 0.590. The summed E-state index contributed by atoms with van der Waals surface area (Å²) in [6.07, 6.45) is 3.49. The average molecular weight is 296 g/mol. The highest BCUT2D eigenvalue weighted by Gasteiger charge is 2.27. The van der Waals surface area contributed by atoms with E-state index in [-0.39, 0.29) is 0 Å². The summed E-state index contributed by atoms with van der Waals surface area (Å²) >= 11 is 0. The van der Waals surface area contributed by atoms with Crippen LogP contribution in [0.4, 0.5) is 0 Å². The third-order valence-electron chi connectivity index (χ3n) is 4.71. The molecule has 3 heterocycles. The van der Waals surface area contributed by atoms with Gasteiger partial charge in [0.2, 0.25) is 0 Å². The molecule has 3 aromatic rings. The first-order valence-electron chi connectivity index (χ1n) is 7.70. The molecule has 6 heteroatoms. The first-order valence-corrected chi connectivity index (χ1v) is 7.70. The highest BCUT2D eigenvalue weighted by molar-refractivity contribution is 5.84. The third kappa shape index (κ3) is 2.20. The van der Waals surface area contributed by atoms with Crippen LogP contribution in [0.5, 0.6) is 0 Å². The number of para-hydroxylation sites is 1. The summed E-state index contributed by atoms with van der Waals surface area (Å²) in [5, 5.41) is 13.1. The Morgan fingerprint density at radius 2 is 2.09 bits per heavy atom. The molecule has 0 amide bonds. The van der Waals surface area contributed by atoms with Crippen molar-refractivity contribution in [3.63, 3.8) is 0 Å². The van der Waals surface area contributed by atoms with Gasteiger partial charge in [0.05, 0.1) is 6.54 Å². The minimum absolute atomic E-state index is 0.590. The molecular weight excluding hydrogens is 276 g/mol. The summed E-state index contributed by atoms with van der Waals surface area (Å²) in [7, 11) is 4.03. The SMILES string of the molecule is Cn1nnnc1CN1CCC(c2cn(C)c3ccccc23)C1. The van der Waals surface area contributed by atoms with Gasteiger partial charge < -0.3 is 4.57 Å². The summed E-state index contributed by atoms with van der Waals surface area (Å²) in [5.41, 5.74) is 2.78. The number of aromatic nitrogens is 5. The number of aryl methyl sites for hydroxylation is 2. The van der Waals surface area contributed by atoms with Gasteiger partial charge in [0.15, 0.2) is 5.82 Å². The molecule has 1 aromatic carbocycles. The second-order valence-electron chi connectivity index (χ2n) is 6.15. The van der Waals surface area contributed by atoms with Gasteiger partial charge in [0, 0.05) is 37.7 Å². The van der Waals surface area contributed by atoms with E-state index in [1.54, 1.807) is 4.68 Å². The van der Waals surface area contributed by atoms with Crippen molar-refractivity contribution < 1.29 is 0 Å². The van der Waals surface area contributed by atoms with Crippen molar-refractivity contribution in [1.29, 1.82) is 0 Å². The van der Waals surface area contributed by atoms with E-state index in [4.69, 9.17) is 0 Å². The molecule has 114 valence electrons. The van der Waals surface area contributed by atoms with Crippen LogP contribution in [0.15, 0.2) is 30.5 Å². The van der Waals surface area contributed by atoms with E-state index in [0.29, 0.717) is 5.92 Å². The lowest BCUT2D eigenvalue weighted by Gasteiger charge is -2.14. The van der Waals surface area contributed by atoms with Gasteiger partial charge in [-0.15, -0.1) is 5.10 Å². The molecule has 0 spiro atoms. The van der Waals surface area contributed by atoms with Gasteiger partial charge in [-0.1, -0.05) is 18.2 Å². The van der Waals surface area contributed by atoms with Crippen LogP contribution >= 0.6 is 0 Å². The van der Waals surface area contributed by atoms with Gasteiger partial charge in [0.1, 0.15) is 0 Å². The molecule has 1 aliphatic rings. The van der Waals surface area contributed by atoms with Gasteiger partial charge >= 0.3 is 0 Å². The lowest BCUT2D eigenvalue weighted by atomic mass is 9.98. The third-order valence-corrected chi connectivity index (χ3v) is 4.71. The fourth-order valence-corrected chi connectivity index (χ4v) is 3.51. The standard InChI is InChI=1S/C16H20N6/c1-20-10-14(13-5-3-4-6-15(13)20)12-7-8-22(9-12)11-16-17-18-19-21(16)2/h3-6,10,12H,7-9,11H2,1-2H3. The predicted octanol–water partition coefficient (Wildman–Crippen LogP) is 1.69. The summed E-state index contributed by atoms with van der Waals surface area (Å²) < 4.78 is 3.99.